The van der Waals surface area contributed by atoms with E-state index in [0.29, 0.717) is 5.76 Å². The number of amides is 1. The number of benzene rings is 1. The molecule has 112 valence electrons. The molecule has 0 saturated heterocycles. The van der Waals surface area contributed by atoms with Gasteiger partial charge in [-0.1, -0.05) is 12.1 Å². The Morgan fingerprint density at radius 2 is 2.00 bits per heavy atom. The Kier molecular flexibility index (Phi) is 5.00. The number of carbonyl (C=O) groups is 1. The van der Waals surface area contributed by atoms with Crippen LogP contribution < -0.4 is 11.1 Å². The second-order valence-corrected chi connectivity index (χ2v) is 5.05. The van der Waals surface area contributed by atoms with Crippen LogP contribution in [0.4, 0.5) is 0 Å². The molecule has 0 bridgehead atoms. The van der Waals surface area contributed by atoms with E-state index in [1.165, 1.54) is 0 Å². The molecule has 1 unspecified atom stereocenters. The second-order valence-electron chi connectivity index (χ2n) is 5.05. The number of furan rings is 1. The minimum Gasteiger partial charge on any atom is -0.508 e. The molecule has 1 aromatic carbocycles. The number of rotatable bonds is 6. The number of nitrogens with one attached hydrogen (secondary N) is 1. The molecule has 5 heteroatoms. The number of phenols is 1. The third-order valence-corrected chi connectivity index (χ3v) is 3.27. The summed E-state index contributed by atoms with van der Waals surface area (Å²) in [6.07, 6.45) is 1.63. The predicted molar refractivity (Wildman–Crippen MR) is 80.0 cm³/mol. The SMILES string of the molecule is CC(CCc1ccc(O)cc1)NC(=O)c1ccc(CN)o1. The largest absolute Gasteiger partial charge is 0.508 e. The molecular weight excluding hydrogens is 268 g/mol. The fraction of sp³-hybridized carbons (Fsp3) is 0.312. The molecule has 2 aromatic rings. The third-order valence-electron chi connectivity index (χ3n) is 3.27. The summed E-state index contributed by atoms with van der Waals surface area (Å²) >= 11 is 0. The summed E-state index contributed by atoms with van der Waals surface area (Å²) in [4.78, 5) is 12.0. The van der Waals surface area contributed by atoms with Crippen molar-refractivity contribution in [3.63, 3.8) is 0 Å². The molecule has 1 amide bonds. The van der Waals surface area contributed by atoms with Crippen LogP contribution in [0.1, 0.15) is 35.2 Å². The number of aromatic hydroxyl groups is 1. The number of phenolic OH excluding ortho intramolecular Hbond substituents is 1. The normalized spacial score (nSPS) is 12.1. The number of aryl methyl sites for hydroxylation is 1. The first-order chi connectivity index (χ1) is 10.1. The second kappa shape index (κ2) is 6.95. The van der Waals surface area contributed by atoms with Gasteiger partial charge in [-0.3, -0.25) is 4.79 Å². The maximum absolute atomic E-state index is 12.0. The first-order valence-electron chi connectivity index (χ1n) is 6.96. The molecule has 1 atom stereocenters. The van der Waals surface area contributed by atoms with Crippen molar-refractivity contribution in [1.29, 1.82) is 0 Å². The monoisotopic (exact) mass is 288 g/mol. The van der Waals surface area contributed by atoms with Crippen molar-refractivity contribution in [2.24, 2.45) is 5.73 Å². The van der Waals surface area contributed by atoms with Crippen molar-refractivity contribution >= 4 is 5.91 Å². The maximum Gasteiger partial charge on any atom is 0.287 e. The van der Waals surface area contributed by atoms with Gasteiger partial charge in [0, 0.05) is 6.04 Å². The summed E-state index contributed by atoms with van der Waals surface area (Å²) in [6, 6.07) is 10.4. The van der Waals surface area contributed by atoms with E-state index in [0.717, 1.165) is 18.4 Å². The summed E-state index contributed by atoms with van der Waals surface area (Å²) in [5.74, 6) is 0.908. The number of nitrogens with two attached hydrogens (primary N) is 1. The molecule has 1 heterocycles. The lowest BCUT2D eigenvalue weighted by Gasteiger charge is -2.12. The highest BCUT2D eigenvalue weighted by Gasteiger charge is 2.13. The van der Waals surface area contributed by atoms with Crippen molar-refractivity contribution < 1.29 is 14.3 Å². The lowest BCUT2D eigenvalue weighted by Crippen LogP contribution is -2.32. The van der Waals surface area contributed by atoms with Crippen molar-refractivity contribution in [2.45, 2.75) is 32.4 Å². The first kappa shape index (κ1) is 15.1. The fourth-order valence-electron chi connectivity index (χ4n) is 2.02. The zero-order valence-corrected chi connectivity index (χ0v) is 12.0. The predicted octanol–water partition coefficient (Wildman–Crippen LogP) is 2.19. The average molecular weight is 288 g/mol. The van der Waals surface area contributed by atoms with Crippen molar-refractivity contribution in [2.75, 3.05) is 0 Å². The summed E-state index contributed by atoms with van der Waals surface area (Å²) in [5.41, 5.74) is 6.57. The number of carbonyl (C=O) groups excluding carboxylic acids is 1. The summed E-state index contributed by atoms with van der Waals surface area (Å²) in [6.45, 7) is 2.23. The summed E-state index contributed by atoms with van der Waals surface area (Å²) in [5, 5.41) is 12.1. The number of hydrogen-bond donors (Lipinski definition) is 3. The van der Waals surface area contributed by atoms with Crippen LogP contribution in [0.15, 0.2) is 40.8 Å². The van der Waals surface area contributed by atoms with Gasteiger partial charge in [-0.05, 0) is 49.6 Å². The molecule has 5 nitrogen and oxygen atoms in total. The molecular formula is C16H20N2O3. The smallest absolute Gasteiger partial charge is 0.287 e. The average Bonchev–Trinajstić information content (AvgIpc) is 2.96. The van der Waals surface area contributed by atoms with Crippen LogP contribution in [-0.2, 0) is 13.0 Å². The van der Waals surface area contributed by atoms with E-state index >= 15 is 0 Å². The Labute approximate surface area is 123 Å². The Bertz CT molecular complexity index is 590. The van der Waals surface area contributed by atoms with Gasteiger partial charge in [0.05, 0.1) is 6.54 Å². The minimum absolute atomic E-state index is 0.0257. The van der Waals surface area contributed by atoms with Crippen LogP contribution in [0, 0.1) is 0 Å². The highest BCUT2D eigenvalue weighted by Crippen LogP contribution is 2.12. The van der Waals surface area contributed by atoms with Gasteiger partial charge in [-0.2, -0.15) is 0 Å². The zero-order valence-electron chi connectivity index (χ0n) is 12.0. The molecule has 0 radical (unpaired) electrons. The number of hydrogen-bond acceptors (Lipinski definition) is 4. The van der Waals surface area contributed by atoms with Crippen LogP contribution in [0.3, 0.4) is 0 Å². The molecule has 0 saturated carbocycles. The molecule has 0 spiro atoms. The molecule has 0 aliphatic heterocycles. The van der Waals surface area contributed by atoms with E-state index in [4.69, 9.17) is 10.2 Å². The van der Waals surface area contributed by atoms with Crippen LogP contribution in [-0.4, -0.2) is 17.1 Å². The van der Waals surface area contributed by atoms with E-state index < -0.39 is 0 Å². The quantitative estimate of drug-likeness (QED) is 0.760. The van der Waals surface area contributed by atoms with E-state index in [9.17, 15) is 9.90 Å². The van der Waals surface area contributed by atoms with Gasteiger partial charge in [-0.15, -0.1) is 0 Å². The van der Waals surface area contributed by atoms with Gasteiger partial charge >= 0.3 is 0 Å². The highest BCUT2D eigenvalue weighted by molar-refractivity contribution is 5.91. The van der Waals surface area contributed by atoms with Gasteiger partial charge < -0.3 is 20.6 Å². The lowest BCUT2D eigenvalue weighted by molar-refractivity contribution is 0.0908. The van der Waals surface area contributed by atoms with Gasteiger partial charge in [0.25, 0.3) is 5.91 Å². The van der Waals surface area contributed by atoms with E-state index in [1.807, 2.05) is 19.1 Å². The standard InChI is InChI=1S/C16H20N2O3/c1-11(2-3-12-4-6-13(19)7-5-12)18-16(20)15-9-8-14(10-17)21-15/h4-9,11,19H,2-3,10,17H2,1H3,(H,18,20). The molecule has 1 aromatic heterocycles. The fourth-order valence-corrected chi connectivity index (χ4v) is 2.02. The Hall–Kier alpha value is -2.27. The van der Waals surface area contributed by atoms with Crippen molar-refractivity contribution in [3.8, 4) is 5.75 Å². The Morgan fingerprint density at radius 3 is 2.62 bits per heavy atom. The third kappa shape index (κ3) is 4.36. The minimum atomic E-state index is -0.229. The van der Waals surface area contributed by atoms with Gasteiger partial charge in [0.1, 0.15) is 11.5 Å². The van der Waals surface area contributed by atoms with Gasteiger partial charge in [0.15, 0.2) is 5.76 Å². The first-order valence-corrected chi connectivity index (χ1v) is 6.96. The van der Waals surface area contributed by atoms with Crippen molar-refractivity contribution in [3.05, 3.63) is 53.5 Å². The van der Waals surface area contributed by atoms with Crippen LogP contribution in [0.2, 0.25) is 0 Å². The Morgan fingerprint density at radius 1 is 1.29 bits per heavy atom. The van der Waals surface area contributed by atoms with Crippen LogP contribution in [0.5, 0.6) is 5.75 Å². The van der Waals surface area contributed by atoms with E-state index in [2.05, 4.69) is 5.32 Å². The topological polar surface area (TPSA) is 88.5 Å². The van der Waals surface area contributed by atoms with Crippen LogP contribution in [0.25, 0.3) is 0 Å². The van der Waals surface area contributed by atoms with E-state index in [-0.39, 0.29) is 30.0 Å². The summed E-state index contributed by atoms with van der Waals surface area (Å²) < 4.78 is 5.31. The van der Waals surface area contributed by atoms with E-state index in [1.54, 1.807) is 24.3 Å². The lowest BCUT2D eigenvalue weighted by atomic mass is 10.1. The molecule has 4 N–H and O–H groups in total. The van der Waals surface area contributed by atoms with Gasteiger partial charge in [-0.25, -0.2) is 0 Å². The molecule has 21 heavy (non-hydrogen) atoms. The van der Waals surface area contributed by atoms with Gasteiger partial charge in [0.2, 0.25) is 0 Å². The zero-order chi connectivity index (χ0) is 15.2. The molecule has 2 rings (SSSR count). The maximum atomic E-state index is 12.0. The Balaban J connectivity index is 1.82. The highest BCUT2D eigenvalue weighted by atomic mass is 16.4. The van der Waals surface area contributed by atoms with Crippen LogP contribution >= 0.6 is 0 Å². The molecule has 0 aliphatic rings. The summed E-state index contributed by atoms with van der Waals surface area (Å²) in [7, 11) is 0. The van der Waals surface area contributed by atoms with Crippen molar-refractivity contribution in [1.82, 2.24) is 5.32 Å². The molecule has 0 fully saturated rings. The molecule has 0 aliphatic carbocycles.